The van der Waals surface area contributed by atoms with Crippen molar-refractivity contribution < 1.29 is 45.5 Å². The van der Waals surface area contributed by atoms with Crippen LogP contribution in [0.25, 0.3) is 0 Å². The number of nitrogens with one attached hydrogen (secondary N) is 2. The average Bonchev–Trinajstić information content (AvgIpc) is 3.29. The van der Waals surface area contributed by atoms with Gasteiger partial charge in [0, 0.05) is 50.9 Å². The number of halogens is 6. The second-order valence-electron chi connectivity index (χ2n) is 14.2. The third-order valence-corrected chi connectivity index (χ3v) is 11.0. The second-order valence-corrected chi connectivity index (χ2v) is 14.2. The molecule has 0 bridgehead atoms. The highest BCUT2D eigenvalue weighted by atomic mass is 19.4. The second kappa shape index (κ2) is 15.4. The van der Waals surface area contributed by atoms with Crippen molar-refractivity contribution in [3.63, 3.8) is 0 Å². The predicted molar refractivity (Wildman–Crippen MR) is 180 cm³/mol. The maximum absolute atomic E-state index is 14.0. The molecule has 6 rings (SSSR count). The molecule has 10 nitrogen and oxygen atoms in total. The summed E-state index contributed by atoms with van der Waals surface area (Å²) >= 11 is 0. The first kappa shape index (κ1) is 37.5. The molecule has 3 fully saturated rings. The number of likely N-dealkylation sites (tertiary alicyclic amines) is 2. The van der Waals surface area contributed by atoms with Gasteiger partial charge in [0.05, 0.1) is 16.8 Å². The highest BCUT2D eigenvalue weighted by Crippen LogP contribution is 2.42. The lowest BCUT2D eigenvalue weighted by atomic mass is 9.79. The summed E-state index contributed by atoms with van der Waals surface area (Å²) in [7, 11) is 0. The summed E-state index contributed by atoms with van der Waals surface area (Å²) < 4.78 is 88.9. The number of amides is 4. The molecule has 4 N–H and O–H groups in total. The fourth-order valence-corrected chi connectivity index (χ4v) is 8.10. The minimum absolute atomic E-state index is 0.168. The van der Waals surface area contributed by atoms with Crippen LogP contribution in [0.2, 0.25) is 0 Å². The molecule has 0 saturated carbocycles. The SMILES string of the molecule is Nc1c(C(F)(F)F)cc(CC(OC(=O)N2CCC(N3CCc4ccccc4NC3=O)CC2)C(=O)N2CCC(C3CCNCC3)CC2)cc1C(F)(F)F. The number of hydrogen-bond acceptors (Lipinski definition) is 6. The normalized spacial score (nSPS) is 20.6. The molecule has 284 valence electrons. The van der Waals surface area contributed by atoms with Crippen molar-refractivity contribution in [3.05, 3.63) is 58.7 Å². The molecular formula is C36H44F6N6O4. The standard InChI is InChI=1S/C36H44F6N6O4/c37-35(38,39)27-19-22(20-28(31(27)43)36(40,41)42)21-30(32(49)46-14-7-24(8-15-46)23-5-12-44-13-6-23)52-34(51)47-16-10-26(11-17-47)48-18-9-25-3-1-2-4-29(25)45-33(48)50/h1-4,19-20,23-24,26,30,44H,5-18,21,43H2,(H,45,50). The number of nitrogen functional groups attached to an aromatic ring is 1. The third kappa shape index (κ3) is 8.53. The third-order valence-electron chi connectivity index (χ3n) is 11.0. The van der Waals surface area contributed by atoms with Gasteiger partial charge in [0.15, 0.2) is 6.10 Å². The Balaban J connectivity index is 1.17. The Labute approximate surface area is 298 Å². The Morgan fingerprint density at radius 1 is 0.827 bits per heavy atom. The maximum atomic E-state index is 14.0. The molecule has 16 heteroatoms. The van der Waals surface area contributed by atoms with Gasteiger partial charge < -0.3 is 35.8 Å². The molecule has 2 aromatic rings. The van der Waals surface area contributed by atoms with Crippen LogP contribution in [0.5, 0.6) is 0 Å². The Hall–Kier alpha value is -4.21. The lowest BCUT2D eigenvalue weighted by Crippen LogP contribution is -2.52. The van der Waals surface area contributed by atoms with E-state index in [1.165, 1.54) is 9.80 Å². The number of alkyl halides is 6. The van der Waals surface area contributed by atoms with Crippen molar-refractivity contribution in [1.29, 1.82) is 0 Å². The number of rotatable bonds is 6. The van der Waals surface area contributed by atoms with Gasteiger partial charge in [0.25, 0.3) is 5.91 Å². The van der Waals surface area contributed by atoms with E-state index in [0.29, 0.717) is 75.7 Å². The van der Waals surface area contributed by atoms with E-state index in [1.54, 1.807) is 4.90 Å². The predicted octanol–water partition coefficient (Wildman–Crippen LogP) is 6.15. The van der Waals surface area contributed by atoms with Gasteiger partial charge in [-0.15, -0.1) is 0 Å². The van der Waals surface area contributed by atoms with Crippen LogP contribution in [0.3, 0.4) is 0 Å². The van der Waals surface area contributed by atoms with Gasteiger partial charge in [-0.3, -0.25) is 4.79 Å². The largest absolute Gasteiger partial charge is 0.436 e. The molecular weight excluding hydrogens is 694 g/mol. The minimum atomic E-state index is -5.20. The van der Waals surface area contributed by atoms with E-state index in [1.807, 2.05) is 24.3 Å². The lowest BCUT2D eigenvalue weighted by molar-refractivity contribution is -0.142. The van der Waals surface area contributed by atoms with Crippen LogP contribution in [-0.2, 0) is 34.7 Å². The van der Waals surface area contributed by atoms with Crippen LogP contribution in [-0.4, -0.2) is 90.7 Å². The van der Waals surface area contributed by atoms with Crippen LogP contribution in [0.15, 0.2) is 36.4 Å². The smallest absolute Gasteiger partial charge is 0.418 e. The average molecular weight is 739 g/mol. The number of hydrogen-bond donors (Lipinski definition) is 3. The van der Waals surface area contributed by atoms with Gasteiger partial charge >= 0.3 is 24.5 Å². The van der Waals surface area contributed by atoms with Crippen molar-refractivity contribution >= 4 is 29.4 Å². The van der Waals surface area contributed by atoms with Crippen LogP contribution in [0.1, 0.15) is 60.8 Å². The Morgan fingerprint density at radius 2 is 1.40 bits per heavy atom. The van der Waals surface area contributed by atoms with Crippen LogP contribution in [0, 0.1) is 11.8 Å². The number of piperidine rings is 3. The van der Waals surface area contributed by atoms with Gasteiger partial charge in [-0.05, 0) is 99.2 Å². The molecule has 3 saturated heterocycles. The summed E-state index contributed by atoms with van der Waals surface area (Å²) in [6, 6.07) is 8.06. The maximum Gasteiger partial charge on any atom is 0.418 e. The Morgan fingerprint density at radius 3 is 2.02 bits per heavy atom. The first-order valence-corrected chi connectivity index (χ1v) is 17.9. The number of benzene rings is 2. The van der Waals surface area contributed by atoms with E-state index < -0.39 is 59.3 Å². The van der Waals surface area contributed by atoms with Crippen LogP contribution >= 0.6 is 0 Å². The van der Waals surface area contributed by atoms with Gasteiger partial charge in [0.2, 0.25) is 0 Å². The number of para-hydroxylation sites is 1. The first-order valence-electron chi connectivity index (χ1n) is 17.9. The number of fused-ring (bicyclic) bond motifs is 1. The van der Waals surface area contributed by atoms with Crippen molar-refractivity contribution in [3.8, 4) is 0 Å². The molecule has 0 aromatic heterocycles. The number of carbonyl (C=O) groups is 3. The fraction of sp³-hybridized carbons (Fsp3) is 0.583. The van der Waals surface area contributed by atoms with Crippen LogP contribution in [0.4, 0.5) is 47.3 Å². The number of urea groups is 1. The van der Waals surface area contributed by atoms with Crippen molar-refractivity contribution in [2.45, 2.75) is 75.9 Å². The van der Waals surface area contributed by atoms with E-state index >= 15 is 0 Å². The van der Waals surface area contributed by atoms with E-state index in [-0.39, 0.29) is 25.2 Å². The van der Waals surface area contributed by atoms with E-state index in [9.17, 15) is 40.7 Å². The molecule has 1 unspecified atom stereocenters. The zero-order valence-electron chi connectivity index (χ0n) is 28.7. The first-order chi connectivity index (χ1) is 24.7. The number of nitrogens with two attached hydrogens (primary N) is 1. The molecule has 4 heterocycles. The molecule has 4 aliphatic heterocycles. The summed E-state index contributed by atoms with van der Waals surface area (Å²) in [5.41, 5.74) is 1.79. The topological polar surface area (TPSA) is 120 Å². The summed E-state index contributed by atoms with van der Waals surface area (Å²) in [6.07, 6.45) is -8.82. The van der Waals surface area contributed by atoms with Gasteiger partial charge in [0.1, 0.15) is 0 Å². The molecule has 0 spiro atoms. The highest BCUT2D eigenvalue weighted by Gasteiger charge is 2.42. The van der Waals surface area contributed by atoms with Crippen molar-refractivity contribution in [1.82, 2.24) is 20.0 Å². The molecule has 4 amide bonds. The van der Waals surface area contributed by atoms with E-state index in [2.05, 4.69) is 10.6 Å². The zero-order chi connectivity index (χ0) is 37.2. The van der Waals surface area contributed by atoms with Crippen molar-refractivity contribution in [2.75, 3.05) is 56.9 Å². The summed E-state index contributed by atoms with van der Waals surface area (Å²) in [6.45, 7) is 3.31. The van der Waals surface area contributed by atoms with Gasteiger partial charge in [-0.25, -0.2) is 9.59 Å². The van der Waals surface area contributed by atoms with Gasteiger partial charge in [-0.2, -0.15) is 26.3 Å². The highest BCUT2D eigenvalue weighted by molar-refractivity contribution is 5.91. The van der Waals surface area contributed by atoms with Crippen LogP contribution < -0.4 is 16.4 Å². The molecule has 0 radical (unpaired) electrons. The lowest BCUT2D eigenvalue weighted by Gasteiger charge is -2.39. The van der Waals surface area contributed by atoms with Gasteiger partial charge in [-0.1, -0.05) is 18.2 Å². The monoisotopic (exact) mass is 738 g/mol. The zero-order valence-corrected chi connectivity index (χ0v) is 28.7. The number of carbonyl (C=O) groups excluding carboxylic acids is 3. The minimum Gasteiger partial charge on any atom is -0.436 e. The molecule has 0 aliphatic carbocycles. The number of ether oxygens (including phenoxy) is 1. The number of anilines is 2. The van der Waals surface area contributed by atoms with Crippen molar-refractivity contribution in [2.24, 2.45) is 11.8 Å². The Kier molecular flexibility index (Phi) is 11.1. The van der Waals surface area contributed by atoms with E-state index in [0.717, 1.165) is 37.2 Å². The molecule has 4 aliphatic rings. The summed E-state index contributed by atoms with van der Waals surface area (Å²) in [5, 5.41) is 6.27. The van der Waals surface area contributed by atoms with E-state index in [4.69, 9.17) is 10.5 Å². The molecule has 2 aromatic carbocycles. The number of nitrogens with zero attached hydrogens (tertiary/aromatic N) is 3. The Bertz CT molecular complexity index is 1580. The summed E-state index contributed by atoms with van der Waals surface area (Å²) in [4.78, 5) is 45.2. The quantitative estimate of drug-likeness (QED) is 0.242. The fourth-order valence-electron chi connectivity index (χ4n) is 8.10. The molecule has 1 atom stereocenters. The molecule has 52 heavy (non-hydrogen) atoms. The summed E-state index contributed by atoms with van der Waals surface area (Å²) in [5.74, 6) is 0.212.